The molecule has 0 amide bonds. The number of hydrogen-bond donors (Lipinski definition) is 0. The van der Waals surface area contributed by atoms with E-state index in [1.807, 2.05) is 0 Å². The van der Waals surface area contributed by atoms with Crippen LogP contribution in [-0.2, 0) is 0 Å². The van der Waals surface area contributed by atoms with Gasteiger partial charge in [0.1, 0.15) is 0 Å². The minimum Gasteiger partial charge on any atom is -0.0844 e. The van der Waals surface area contributed by atoms with Gasteiger partial charge in [-0.2, -0.15) is 0 Å². The fourth-order valence-corrected chi connectivity index (χ4v) is 1.41. The van der Waals surface area contributed by atoms with Gasteiger partial charge in [-0.1, -0.05) is 38.5 Å². The van der Waals surface area contributed by atoms with E-state index in [-0.39, 0.29) is 5.41 Å². The molecule has 0 saturated heterocycles. The fourth-order valence-electron chi connectivity index (χ4n) is 1.41. The molecule has 0 aromatic carbocycles. The van der Waals surface area contributed by atoms with E-state index in [1.165, 1.54) is 11.1 Å². The molecular weight excluding hydrogens is 132 g/mol. The molecule has 0 unspecified atom stereocenters. The Morgan fingerprint density at radius 2 is 1.45 bits per heavy atom. The highest BCUT2D eigenvalue weighted by Crippen LogP contribution is 2.30. The van der Waals surface area contributed by atoms with E-state index in [9.17, 15) is 0 Å². The third kappa shape index (κ3) is 2.92. The Kier molecular flexibility index (Phi) is 3.57. The largest absolute Gasteiger partial charge is 0.0844 e. The lowest BCUT2D eigenvalue weighted by Gasteiger charge is -2.23. The van der Waals surface area contributed by atoms with Gasteiger partial charge in [-0.3, -0.25) is 0 Å². The molecule has 0 bridgehead atoms. The lowest BCUT2D eigenvalue weighted by atomic mass is 9.82. The minimum absolute atomic E-state index is 0.283. The van der Waals surface area contributed by atoms with Crippen molar-refractivity contribution in [2.24, 2.45) is 5.41 Å². The van der Waals surface area contributed by atoms with Crippen molar-refractivity contribution >= 4 is 0 Å². The van der Waals surface area contributed by atoms with Crippen LogP contribution in [0.15, 0.2) is 23.3 Å². The second kappa shape index (κ2) is 3.75. The molecule has 0 aliphatic heterocycles. The number of allylic oxidation sites excluding steroid dienone is 4. The van der Waals surface area contributed by atoms with E-state index in [2.05, 4.69) is 53.7 Å². The van der Waals surface area contributed by atoms with Gasteiger partial charge in [-0.05, 0) is 31.8 Å². The molecular formula is C11H20. The molecule has 0 fully saturated rings. The van der Waals surface area contributed by atoms with Crippen LogP contribution in [0.5, 0.6) is 0 Å². The first-order valence-corrected chi connectivity index (χ1v) is 4.23. The van der Waals surface area contributed by atoms with Crippen molar-refractivity contribution in [1.82, 2.24) is 0 Å². The standard InChI is InChI=1S/C11H20/c1-7-9(3)10(8-2)11(4,5)6/h7-8H,1-6H3/b9-7+,10-8-. The zero-order chi connectivity index (χ0) is 9.07. The summed E-state index contributed by atoms with van der Waals surface area (Å²) in [5.74, 6) is 0. The van der Waals surface area contributed by atoms with Gasteiger partial charge in [0.2, 0.25) is 0 Å². The third-order valence-corrected chi connectivity index (χ3v) is 1.95. The van der Waals surface area contributed by atoms with E-state index >= 15 is 0 Å². The zero-order valence-electron chi connectivity index (χ0n) is 8.65. The fraction of sp³-hybridized carbons (Fsp3) is 0.636. The summed E-state index contributed by atoms with van der Waals surface area (Å²) in [5.41, 5.74) is 3.12. The second-order valence-electron chi connectivity index (χ2n) is 3.92. The highest BCUT2D eigenvalue weighted by molar-refractivity contribution is 5.32. The first kappa shape index (κ1) is 10.5. The maximum absolute atomic E-state index is 2.25. The molecule has 0 radical (unpaired) electrons. The quantitative estimate of drug-likeness (QED) is 0.499. The molecule has 0 heteroatoms. The van der Waals surface area contributed by atoms with Crippen LogP contribution in [0, 0.1) is 5.41 Å². The molecule has 0 aromatic rings. The molecule has 64 valence electrons. The molecule has 0 aliphatic rings. The number of hydrogen-bond acceptors (Lipinski definition) is 0. The summed E-state index contributed by atoms with van der Waals surface area (Å²) in [6, 6.07) is 0. The van der Waals surface area contributed by atoms with Crippen LogP contribution in [0.3, 0.4) is 0 Å². The van der Waals surface area contributed by atoms with Crippen LogP contribution in [0.1, 0.15) is 41.5 Å². The lowest BCUT2D eigenvalue weighted by molar-refractivity contribution is 0.509. The summed E-state index contributed by atoms with van der Waals surface area (Å²) >= 11 is 0. The van der Waals surface area contributed by atoms with Crippen molar-refractivity contribution in [2.75, 3.05) is 0 Å². The van der Waals surface area contributed by atoms with E-state index in [0.29, 0.717) is 0 Å². The molecule has 0 atom stereocenters. The Labute approximate surface area is 71.0 Å². The van der Waals surface area contributed by atoms with Crippen molar-refractivity contribution in [3.63, 3.8) is 0 Å². The lowest BCUT2D eigenvalue weighted by Crippen LogP contribution is -2.09. The van der Waals surface area contributed by atoms with Gasteiger partial charge >= 0.3 is 0 Å². The Hall–Kier alpha value is -0.520. The summed E-state index contributed by atoms with van der Waals surface area (Å²) in [6.07, 6.45) is 4.37. The Balaban J connectivity index is 4.73. The monoisotopic (exact) mass is 152 g/mol. The Morgan fingerprint density at radius 1 is 1.00 bits per heavy atom. The molecule has 0 aliphatic carbocycles. The average molecular weight is 152 g/mol. The van der Waals surface area contributed by atoms with Crippen LogP contribution in [-0.4, -0.2) is 0 Å². The summed E-state index contributed by atoms with van der Waals surface area (Å²) in [6.45, 7) is 13.1. The summed E-state index contributed by atoms with van der Waals surface area (Å²) in [7, 11) is 0. The Bertz CT molecular complexity index is 175. The predicted molar refractivity (Wildman–Crippen MR) is 52.6 cm³/mol. The van der Waals surface area contributed by atoms with Crippen molar-refractivity contribution in [2.45, 2.75) is 41.5 Å². The van der Waals surface area contributed by atoms with E-state index in [0.717, 1.165) is 0 Å². The normalized spacial score (nSPS) is 15.5. The van der Waals surface area contributed by atoms with Crippen molar-refractivity contribution in [3.8, 4) is 0 Å². The van der Waals surface area contributed by atoms with E-state index in [4.69, 9.17) is 0 Å². The Morgan fingerprint density at radius 3 is 1.55 bits per heavy atom. The van der Waals surface area contributed by atoms with Gasteiger partial charge in [-0.15, -0.1) is 0 Å². The molecule has 0 nitrogen and oxygen atoms in total. The highest BCUT2D eigenvalue weighted by Gasteiger charge is 2.16. The molecule has 0 saturated carbocycles. The molecule has 11 heavy (non-hydrogen) atoms. The highest BCUT2D eigenvalue weighted by atomic mass is 14.2. The SMILES string of the molecule is C/C=C(C)/C(=C/C)C(C)(C)C. The van der Waals surface area contributed by atoms with E-state index in [1.54, 1.807) is 0 Å². The topological polar surface area (TPSA) is 0 Å². The molecule has 0 N–H and O–H groups in total. The second-order valence-corrected chi connectivity index (χ2v) is 3.92. The van der Waals surface area contributed by atoms with Crippen molar-refractivity contribution < 1.29 is 0 Å². The molecule has 0 aromatic heterocycles. The van der Waals surface area contributed by atoms with E-state index < -0.39 is 0 Å². The van der Waals surface area contributed by atoms with Gasteiger partial charge in [0.05, 0.1) is 0 Å². The van der Waals surface area contributed by atoms with Gasteiger partial charge in [-0.25, -0.2) is 0 Å². The van der Waals surface area contributed by atoms with Crippen LogP contribution in [0.2, 0.25) is 0 Å². The third-order valence-electron chi connectivity index (χ3n) is 1.95. The summed E-state index contributed by atoms with van der Waals surface area (Å²) < 4.78 is 0. The maximum Gasteiger partial charge on any atom is -0.0133 e. The first-order valence-electron chi connectivity index (χ1n) is 4.23. The number of rotatable bonds is 1. The van der Waals surface area contributed by atoms with Crippen LogP contribution in [0.25, 0.3) is 0 Å². The smallest absolute Gasteiger partial charge is 0.0133 e. The van der Waals surface area contributed by atoms with Crippen LogP contribution < -0.4 is 0 Å². The predicted octanol–water partition coefficient (Wildman–Crippen LogP) is 3.95. The van der Waals surface area contributed by atoms with Gasteiger partial charge in [0.15, 0.2) is 0 Å². The minimum atomic E-state index is 0.283. The van der Waals surface area contributed by atoms with Gasteiger partial charge in [0.25, 0.3) is 0 Å². The van der Waals surface area contributed by atoms with Crippen LogP contribution in [0.4, 0.5) is 0 Å². The van der Waals surface area contributed by atoms with Crippen LogP contribution >= 0.6 is 0 Å². The molecule has 0 heterocycles. The molecule has 0 spiro atoms. The van der Waals surface area contributed by atoms with Crippen molar-refractivity contribution in [1.29, 1.82) is 0 Å². The zero-order valence-corrected chi connectivity index (χ0v) is 8.65. The molecule has 0 rings (SSSR count). The summed E-state index contributed by atoms with van der Waals surface area (Å²) in [4.78, 5) is 0. The average Bonchev–Trinajstić information content (AvgIpc) is 1.86. The first-order chi connectivity index (χ1) is 4.93. The summed E-state index contributed by atoms with van der Waals surface area (Å²) in [5, 5.41) is 0. The van der Waals surface area contributed by atoms with Gasteiger partial charge < -0.3 is 0 Å². The van der Waals surface area contributed by atoms with Crippen molar-refractivity contribution in [3.05, 3.63) is 23.3 Å². The van der Waals surface area contributed by atoms with Gasteiger partial charge in [0, 0.05) is 0 Å². The maximum atomic E-state index is 2.25.